The van der Waals surface area contributed by atoms with Gasteiger partial charge in [-0.25, -0.2) is 0 Å². The molecule has 0 heterocycles. The van der Waals surface area contributed by atoms with Crippen LogP contribution in [0, 0.1) is 0 Å². The third kappa shape index (κ3) is 3.65. The van der Waals surface area contributed by atoms with Crippen molar-refractivity contribution in [1.82, 2.24) is 0 Å². The van der Waals surface area contributed by atoms with Gasteiger partial charge in [0.2, 0.25) is 0 Å². The number of hydrogen-bond acceptors (Lipinski definition) is 2. The summed E-state index contributed by atoms with van der Waals surface area (Å²) in [5.41, 5.74) is 2.24. The molecule has 1 aromatic carbocycles. The molecule has 0 bridgehead atoms. The van der Waals surface area contributed by atoms with Gasteiger partial charge in [0.05, 0.1) is 6.61 Å². The maximum atomic E-state index is 9.75. The van der Waals surface area contributed by atoms with Gasteiger partial charge in [0.1, 0.15) is 5.75 Å². The van der Waals surface area contributed by atoms with Gasteiger partial charge in [-0.2, -0.15) is 0 Å². The molecule has 0 saturated heterocycles. The molecule has 0 atom stereocenters. The first-order valence-electron chi connectivity index (χ1n) is 5.74. The molecule has 0 aliphatic heterocycles. The Bertz CT molecular complexity index is 353. The zero-order valence-corrected chi connectivity index (χ0v) is 12.0. The second-order valence-corrected chi connectivity index (χ2v) is 7.88. The van der Waals surface area contributed by atoms with Crippen LogP contribution in [0.1, 0.15) is 31.9 Å². The Labute approximate surface area is 100.0 Å². The first-order valence-corrected chi connectivity index (χ1v) is 8.53. The van der Waals surface area contributed by atoms with Crippen LogP contribution in [0.2, 0.25) is 13.1 Å². The third-order valence-corrected chi connectivity index (χ3v) is 3.35. The number of aromatic hydroxyl groups is 1. The van der Waals surface area contributed by atoms with E-state index in [0.29, 0.717) is 12.4 Å². The summed E-state index contributed by atoms with van der Waals surface area (Å²) in [6.45, 7) is 11.3. The van der Waals surface area contributed by atoms with Crippen molar-refractivity contribution >= 4 is 9.04 Å². The normalized spacial score (nSPS) is 12.1. The van der Waals surface area contributed by atoms with Gasteiger partial charge >= 0.3 is 0 Å². The smallest absolute Gasteiger partial charge is 0.171 e. The average Bonchev–Trinajstić information content (AvgIpc) is 2.14. The maximum absolute atomic E-state index is 9.75. The molecule has 1 rings (SSSR count). The van der Waals surface area contributed by atoms with Gasteiger partial charge in [-0.1, -0.05) is 26.8 Å². The van der Waals surface area contributed by atoms with Gasteiger partial charge in [0.25, 0.3) is 0 Å². The molecule has 0 amide bonds. The van der Waals surface area contributed by atoms with E-state index in [1.54, 1.807) is 6.07 Å². The minimum atomic E-state index is -1.03. The van der Waals surface area contributed by atoms with Crippen molar-refractivity contribution in [2.75, 3.05) is 0 Å². The summed E-state index contributed by atoms with van der Waals surface area (Å²) in [6, 6.07) is 5.79. The van der Waals surface area contributed by atoms with Crippen molar-refractivity contribution in [3.8, 4) is 5.75 Å². The monoisotopic (exact) mass is 238 g/mol. The van der Waals surface area contributed by atoms with Crippen LogP contribution < -0.4 is 0 Å². The molecule has 2 nitrogen and oxygen atoms in total. The first kappa shape index (κ1) is 13.3. The molecule has 0 aromatic heterocycles. The van der Waals surface area contributed by atoms with E-state index in [0.717, 1.165) is 5.56 Å². The lowest BCUT2D eigenvalue weighted by Gasteiger charge is -2.20. The predicted molar refractivity (Wildman–Crippen MR) is 70.5 cm³/mol. The highest BCUT2D eigenvalue weighted by atomic mass is 28.3. The number of rotatable bonds is 3. The van der Waals surface area contributed by atoms with Crippen LogP contribution in [0.4, 0.5) is 0 Å². The lowest BCUT2D eigenvalue weighted by molar-refractivity contribution is 0.306. The lowest BCUT2D eigenvalue weighted by atomic mass is 9.86. The van der Waals surface area contributed by atoms with Crippen LogP contribution in [-0.4, -0.2) is 14.1 Å². The first-order chi connectivity index (χ1) is 7.30. The van der Waals surface area contributed by atoms with Crippen LogP contribution in [0.15, 0.2) is 18.2 Å². The number of benzene rings is 1. The van der Waals surface area contributed by atoms with Crippen LogP contribution in [0.3, 0.4) is 0 Å². The van der Waals surface area contributed by atoms with Crippen LogP contribution in [0.25, 0.3) is 0 Å². The largest absolute Gasteiger partial charge is 0.508 e. The summed E-state index contributed by atoms with van der Waals surface area (Å²) in [5, 5.41) is 9.75. The molecule has 1 N–H and O–H groups in total. The number of hydrogen-bond donors (Lipinski definition) is 1. The molecule has 0 fully saturated rings. The van der Waals surface area contributed by atoms with E-state index in [1.165, 1.54) is 5.56 Å². The lowest BCUT2D eigenvalue weighted by Crippen LogP contribution is -2.12. The summed E-state index contributed by atoms with van der Waals surface area (Å²) in [7, 11) is -1.03. The van der Waals surface area contributed by atoms with E-state index < -0.39 is 9.04 Å². The van der Waals surface area contributed by atoms with Crippen LogP contribution >= 0.6 is 0 Å². The molecule has 0 radical (unpaired) electrons. The molecule has 90 valence electrons. The Balaban J connectivity index is 2.91. The van der Waals surface area contributed by atoms with E-state index in [-0.39, 0.29) is 5.41 Å². The molecule has 0 aliphatic rings. The van der Waals surface area contributed by atoms with Crippen molar-refractivity contribution < 1.29 is 9.53 Å². The highest BCUT2D eigenvalue weighted by molar-refractivity contribution is 6.48. The molecule has 0 spiro atoms. The summed E-state index contributed by atoms with van der Waals surface area (Å²) in [5.74, 6) is 0.336. The van der Waals surface area contributed by atoms with Gasteiger partial charge in [0, 0.05) is 5.56 Å². The second kappa shape index (κ2) is 5.02. The second-order valence-electron chi connectivity index (χ2n) is 5.45. The zero-order chi connectivity index (χ0) is 12.3. The molecular weight excluding hydrogens is 216 g/mol. The highest BCUT2D eigenvalue weighted by Crippen LogP contribution is 2.27. The molecule has 1 aromatic rings. The fraction of sp³-hybridized carbons (Fsp3) is 0.538. The van der Waals surface area contributed by atoms with Gasteiger partial charge < -0.3 is 9.53 Å². The van der Waals surface area contributed by atoms with Crippen molar-refractivity contribution in [2.45, 2.75) is 45.9 Å². The van der Waals surface area contributed by atoms with E-state index in [4.69, 9.17) is 4.43 Å². The third-order valence-electron chi connectivity index (χ3n) is 2.52. The molecule has 0 unspecified atom stereocenters. The number of phenolic OH excluding ortho intramolecular Hbond substituents is 1. The topological polar surface area (TPSA) is 29.5 Å². The Hall–Kier alpha value is -0.803. The van der Waals surface area contributed by atoms with E-state index >= 15 is 0 Å². The SMILES string of the molecule is C[SiH](C)OCc1cc(C(C)(C)C)ccc1O. The Morgan fingerprint density at radius 2 is 1.88 bits per heavy atom. The maximum Gasteiger partial charge on any atom is 0.171 e. The molecule has 3 heteroatoms. The van der Waals surface area contributed by atoms with Crippen LogP contribution in [0.5, 0.6) is 5.75 Å². The minimum Gasteiger partial charge on any atom is -0.508 e. The molecule has 0 saturated carbocycles. The van der Waals surface area contributed by atoms with Gasteiger partial charge in [-0.05, 0) is 36.2 Å². The van der Waals surface area contributed by atoms with Crippen molar-refractivity contribution in [1.29, 1.82) is 0 Å². The fourth-order valence-corrected chi connectivity index (χ4v) is 1.94. The Morgan fingerprint density at radius 1 is 1.25 bits per heavy atom. The standard InChI is InChI=1S/C13H22O2Si/c1-13(2,3)11-6-7-12(14)10(8-11)9-15-16(4)5/h6-8,14,16H,9H2,1-5H3. The van der Waals surface area contributed by atoms with E-state index in [2.05, 4.69) is 33.9 Å². The van der Waals surface area contributed by atoms with E-state index in [9.17, 15) is 5.11 Å². The minimum absolute atomic E-state index is 0.109. The van der Waals surface area contributed by atoms with Gasteiger partial charge in [-0.15, -0.1) is 0 Å². The van der Waals surface area contributed by atoms with Crippen LogP contribution in [-0.2, 0) is 16.4 Å². The van der Waals surface area contributed by atoms with Crippen molar-refractivity contribution in [2.24, 2.45) is 0 Å². The Morgan fingerprint density at radius 3 is 2.38 bits per heavy atom. The molecule has 0 aliphatic carbocycles. The molecular formula is C13H22O2Si. The fourth-order valence-electron chi connectivity index (χ4n) is 1.42. The summed E-state index contributed by atoms with van der Waals surface area (Å²) >= 11 is 0. The predicted octanol–water partition coefficient (Wildman–Crippen LogP) is 3.19. The van der Waals surface area contributed by atoms with Gasteiger partial charge in [-0.3, -0.25) is 0 Å². The molecule has 16 heavy (non-hydrogen) atoms. The summed E-state index contributed by atoms with van der Waals surface area (Å²) in [4.78, 5) is 0. The summed E-state index contributed by atoms with van der Waals surface area (Å²) in [6.07, 6.45) is 0. The quantitative estimate of drug-likeness (QED) is 0.820. The van der Waals surface area contributed by atoms with Crippen molar-refractivity contribution in [3.05, 3.63) is 29.3 Å². The zero-order valence-electron chi connectivity index (χ0n) is 10.9. The Kier molecular flexibility index (Phi) is 4.16. The number of phenols is 1. The van der Waals surface area contributed by atoms with E-state index in [1.807, 2.05) is 12.1 Å². The summed E-state index contributed by atoms with van der Waals surface area (Å²) < 4.78 is 5.66. The van der Waals surface area contributed by atoms with Gasteiger partial charge in [0.15, 0.2) is 9.04 Å². The van der Waals surface area contributed by atoms with Crippen molar-refractivity contribution in [3.63, 3.8) is 0 Å². The highest BCUT2D eigenvalue weighted by Gasteiger charge is 2.15. The average molecular weight is 238 g/mol.